The molecule has 10 heteroatoms. The van der Waals surface area contributed by atoms with Gasteiger partial charge in [0.1, 0.15) is 19.3 Å². The van der Waals surface area contributed by atoms with E-state index in [0.717, 1.165) is 70.6 Å². The van der Waals surface area contributed by atoms with Gasteiger partial charge in [0.05, 0.1) is 39.9 Å². The molecule has 0 aromatic carbocycles. The van der Waals surface area contributed by atoms with Crippen molar-refractivity contribution in [1.82, 2.24) is 5.32 Å². The molecule has 0 spiro atoms. The molecule has 0 aromatic heterocycles. The zero-order valence-corrected chi connectivity index (χ0v) is 46.6. The molecule has 1 amide bonds. The molecular formula is C59H112N2O7P+. The monoisotopic (exact) mass is 992 g/mol. The first-order valence-corrected chi connectivity index (χ1v) is 30.2. The number of amides is 1. The maximum absolute atomic E-state index is 13.0. The molecule has 69 heavy (non-hydrogen) atoms. The zero-order chi connectivity index (χ0) is 50.8. The number of rotatable bonds is 52. The lowest BCUT2D eigenvalue weighted by Gasteiger charge is -2.28. The lowest BCUT2D eigenvalue weighted by Crippen LogP contribution is -2.51. The van der Waals surface area contributed by atoms with Crippen LogP contribution in [0.3, 0.4) is 0 Å². The largest absolute Gasteiger partial charge is 0.472 e. The second kappa shape index (κ2) is 49.7. The Morgan fingerprint density at radius 1 is 0.522 bits per heavy atom. The highest BCUT2D eigenvalue weighted by Gasteiger charge is 2.32. The van der Waals surface area contributed by atoms with E-state index in [1.807, 2.05) is 21.1 Å². The van der Waals surface area contributed by atoms with Crippen LogP contribution in [0.2, 0.25) is 0 Å². The van der Waals surface area contributed by atoms with Gasteiger partial charge in [-0.05, 0) is 57.8 Å². The average Bonchev–Trinajstić information content (AvgIpc) is 3.31. The van der Waals surface area contributed by atoms with Crippen molar-refractivity contribution < 1.29 is 38.0 Å². The number of nitrogens with zero attached hydrogens (tertiary/aromatic N) is 1. The van der Waals surface area contributed by atoms with E-state index >= 15 is 0 Å². The van der Waals surface area contributed by atoms with E-state index in [4.69, 9.17) is 9.05 Å². The Bertz CT molecular complexity index is 1330. The van der Waals surface area contributed by atoms with Crippen LogP contribution in [0.25, 0.3) is 0 Å². The second-order valence-electron chi connectivity index (χ2n) is 20.8. The maximum Gasteiger partial charge on any atom is 0.472 e. The van der Waals surface area contributed by atoms with Crippen molar-refractivity contribution in [2.24, 2.45) is 0 Å². The van der Waals surface area contributed by atoms with E-state index < -0.39 is 32.7 Å². The number of allylic oxidation sites excluding steroid dienone is 10. The summed E-state index contributed by atoms with van der Waals surface area (Å²) in [5.41, 5.74) is 0. The minimum atomic E-state index is -4.42. The van der Waals surface area contributed by atoms with Gasteiger partial charge in [0, 0.05) is 6.42 Å². The third-order valence-corrected chi connectivity index (χ3v) is 13.9. The summed E-state index contributed by atoms with van der Waals surface area (Å²) < 4.78 is 23.6. The first kappa shape index (κ1) is 67.2. The van der Waals surface area contributed by atoms with Crippen molar-refractivity contribution in [3.05, 3.63) is 60.8 Å². The maximum atomic E-state index is 13.0. The predicted molar refractivity (Wildman–Crippen MR) is 296 cm³/mol. The molecule has 0 bridgehead atoms. The molecule has 4 N–H and O–H groups in total. The van der Waals surface area contributed by atoms with E-state index in [1.54, 1.807) is 0 Å². The van der Waals surface area contributed by atoms with Crippen LogP contribution in [-0.2, 0) is 18.4 Å². The Hall–Kier alpha value is -1.84. The number of phosphoric acid groups is 1. The highest BCUT2D eigenvalue weighted by molar-refractivity contribution is 7.47. The van der Waals surface area contributed by atoms with Crippen molar-refractivity contribution in [3.8, 4) is 0 Å². The van der Waals surface area contributed by atoms with Gasteiger partial charge in [-0.3, -0.25) is 13.8 Å². The molecule has 4 atom stereocenters. The number of unbranched alkanes of at least 4 members (excludes halogenated alkanes) is 28. The van der Waals surface area contributed by atoms with Crippen LogP contribution < -0.4 is 5.32 Å². The van der Waals surface area contributed by atoms with Crippen LogP contribution in [0.1, 0.15) is 251 Å². The van der Waals surface area contributed by atoms with Crippen LogP contribution >= 0.6 is 7.82 Å². The van der Waals surface area contributed by atoms with Crippen LogP contribution in [0.4, 0.5) is 0 Å². The summed E-state index contributed by atoms with van der Waals surface area (Å²) in [5.74, 6) is -0.257. The van der Waals surface area contributed by atoms with Gasteiger partial charge in [0.25, 0.3) is 0 Å². The first-order valence-electron chi connectivity index (χ1n) is 28.7. The quantitative estimate of drug-likeness (QED) is 0.0207. The van der Waals surface area contributed by atoms with Crippen molar-refractivity contribution >= 4 is 13.7 Å². The summed E-state index contributed by atoms with van der Waals surface area (Å²) >= 11 is 0. The van der Waals surface area contributed by atoms with E-state index in [1.165, 1.54) is 154 Å². The number of aliphatic hydroxyl groups is 2. The Balaban J connectivity index is 4.09. The van der Waals surface area contributed by atoms with Gasteiger partial charge >= 0.3 is 7.82 Å². The molecule has 0 aromatic rings. The molecule has 404 valence electrons. The van der Waals surface area contributed by atoms with Crippen molar-refractivity contribution in [2.45, 2.75) is 270 Å². The number of hydrogen-bond donors (Lipinski definition) is 4. The Morgan fingerprint density at radius 2 is 0.899 bits per heavy atom. The molecule has 4 unspecified atom stereocenters. The number of likely N-dealkylation sites (N-methyl/N-ethyl adjacent to an activating group) is 1. The number of phosphoric ester groups is 1. The van der Waals surface area contributed by atoms with E-state index in [-0.39, 0.29) is 12.5 Å². The van der Waals surface area contributed by atoms with Crippen LogP contribution in [0, 0.1) is 0 Å². The van der Waals surface area contributed by atoms with Gasteiger partial charge < -0.3 is 24.9 Å². The number of aliphatic hydroxyl groups excluding tert-OH is 2. The van der Waals surface area contributed by atoms with Crippen LogP contribution in [-0.4, -0.2) is 84.6 Å². The molecule has 0 rings (SSSR count). The number of carbonyl (C=O) groups excluding carboxylic acids is 1. The summed E-state index contributed by atoms with van der Waals surface area (Å²) in [6.07, 6.45) is 63.1. The smallest absolute Gasteiger partial charge is 0.390 e. The van der Waals surface area contributed by atoms with Gasteiger partial charge in [0.15, 0.2) is 0 Å². The fourth-order valence-electron chi connectivity index (χ4n) is 8.35. The lowest BCUT2D eigenvalue weighted by atomic mass is 9.99. The van der Waals surface area contributed by atoms with Gasteiger partial charge in [-0.15, -0.1) is 0 Å². The number of hydrogen-bond acceptors (Lipinski definition) is 6. The van der Waals surface area contributed by atoms with Crippen molar-refractivity contribution in [2.75, 3.05) is 40.9 Å². The molecule has 0 aliphatic rings. The molecule has 0 saturated carbocycles. The molecule has 0 aliphatic carbocycles. The molecule has 0 fully saturated rings. The topological polar surface area (TPSA) is 125 Å². The highest BCUT2D eigenvalue weighted by Crippen LogP contribution is 2.43. The molecule has 0 heterocycles. The van der Waals surface area contributed by atoms with Gasteiger partial charge in [-0.25, -0.2) is 4.57 Å². The van der Waals surface area contributed by atoms with Crippen LogP contribution in [0.15, 0.2) is 60.8 Å². The van der Waals surface area contributed by atoms with E-state index in [2.05, 4.69) is 79.9 Å². The Morgan fingerprint density at radius 3 is 1.32 bits per heavy atom. The third kappa shape index (κ3) is 50.9. The number of carbonyl (C=O) groups is 1. The second-order valence-corrected chi connectivity index (χ2v) is 22.2. The number of quaternary nitrogens is 1. The molecule has 0 aliphatic heterocycles. The van der Waals surface area contributed by atoms with Crippen molar-refractivity contribution in [3.63, 3.8) is 0 Å². The number of nitrogens with one attached hydrogen (secondary N) is 1. The summed E-state index contributed by atoms with van der Waals surface area (Å²) in [6.45, 7) is 4.50. The summed E-state index contributed by atoms with van der Waals surface area (Å²) in [6, 6.07) is -1.03. The van der Waals surface area contributed by atoms with E-state index in [9.17, 15) is 24.5 Å². The normalized spacial score (nSPS) is 14.8. The minimum Gasteiger partial charge on any atom is -0.390 e. The summed E-state index contributed by atoms with van der Waals surface area (Å²) in [4.78, 5) is 23.3. The lowest BCUT2D eigenvalue weighted by molar-refractivity contribution is -0.870. The van der Waals surface area contributed by atoms with Crippen LogP contribution in [0.5, 0.6) is 0 Å². The molecule has 0 radical (unpaired) electrons. The fourth-order valence-corrected chi connectivity index (χ4v) is 9.08. The predicted octanol–water partition coefficient (Wildman–Crippen LogP) is 16.3. The SMILES string of the molecule is CC/C=C\C/C=C\C/C=C\C/C=C\C/C=C\CCCCCCCCCCCCCCCCCCCC(=O)NC(COP(=O)(O)OCC[N+](C)(C)C)C(O)C(O)CCCCCCCCCCCCCC. The standard InChI is InChI=1S/C59H111N2O7P/c1-6-8-10-12-14-16-18-20-21-22-23-24-25-26-27-28-29-30-31-32-33-34-35-36-37-38-39-40-42-44-46-48-50-52-58(63)60-56(55-68-69(65,66)67-54-53-61(3,4)5)59(64)57(62)51-49-47-45-43-41-19-17-15-13-11-9-7-2/h8,10,14,16,20-21,23-24,26-27,56-57,59,62,64H,6-7,9,11-13,15,17-19,22,25,28-55H2,1-5H3,(H-,60,63,65,66)/p+1/b10-8-,16-14-,21-20-,24-23-,27-26-. The minimum absolute atomic E-state index is 0.0216. The van der Waals surface area contributed by atoms with Crippen molar-refractivity contribution in [1.29, 1.82) is 0 Å². The first-order chi connectivity index (χ1) is 33.4. The fraction of sp³-hybridized carbons (Fsp3) is 0.814. The Labute approximate surface area is 426 Å². The molecule has 0 saturated heterocycles. The molecule has 9 nitrogen and oxygen atoms in total. The highest BCUT2D eigenvalue weighted by atomic mass is 31.2. The summed E-state index contributed by atoms with van der Waals surface area (Å²) in [7, 11) is 1.44. The average molecular weight is 993 g/mol. The zero-order valence-electron chi connectivity index (χ0n) is 45.7. The summed E-state index contributed by atoms with van der Waals surface area (Å²) in [5, 5.41) is 24.8. The molecular weight excluding hydrogens is 880 g/mol. The van der Waals surface area contributed by atoms with Gasteiger partial charge in [-0.1, -0.05) is 248 Å². The van der Waals surface area contributed by atoms with Gasteiger partial charge in [0.2, 0.25) is 5.91 Å². The third-order valence-electron chi connectivity index (χ3n) is 12.9. The van der Waals surface area contributed by atoms with E-state index in [0.29, 0.717) is 23.9 Å². The Kier molecular flexibility index (Phi) is 48.4. The van der Waals surface area contributed by atoms with Gasteiger partial charge in [-0.2, -0.15) is 0 Å².